The lowest BCUT2D eigenvalue weighted by Crippen LogP contribution is -2.44. The molecule has 26 heavy (non-hydrogen) atoms. The molecule has 1 heterocycles. The normalized spacial score (nSPS) is 16.0. The Kier molecular flexibility index (Phi) is 5.60. The van der Waals surface area contributed by atoms with E-state index in [9.17, 15) is 12.8 Å². The number of nitrogens with one attached hydrogen (secondary N) is 1. The third-order valence-electron chi connectivity index (χ3n) is 4.70. The van der Waals surface area contributed by atoms with Crippen LogP contribution >= 0.6 is 0 Å². The Morgan fingerprint density at radius 2 is 1.69 bits per heavy atom. The average molecular weight is 377 g/mol. The van der Waals surface area contributed by atoms with Gasteiger partial charge in [0.25, 0.3) is 0 Å². The van der Waals surface area contributed by atoms with Crippen LogP contribution in [0.4, 0.5) is 10.1 Å². The summed E-state index contributed by atoms with van der Waals surface area (Å²) in [4.78, 5) is 4.74. The summed E-state index contributed by atoms with van der Waals surface area (Å²) in [6.07, 6.45) is 0. The molecule has 0 aromatic heterocycles. The molecule has 0 atom stereocenters. The summed E-state index contributed by atoms with van der Waals surface area (Å²) < 4.78 is 40.6. The Morgan fingerprint density at radius 3 is 2.31 bits per heavy atom. The molecular weight excluding hydrogens is 353 g/mol. The maximum atomic E-state index is 13.2. The molecule has 0 unspecified atom stereocenters. The van der Waals surface area contributed by atoms with Crippen molar-refractivity contribution >= 4 is 15.7 Å². The molecule has 3 rings (SSSR count). The van der Waals surface area contributed by atoms with Crippen LogP contribution in [0, 0.1) is 12.7 Å². The Balaban J connectivity index is 1.64. The van der Waals surface area contributed by atoms with E-state index < -0.39 is 15.8 Å². The molecule has 1 aliphatic heterocycles. The summed E-state index contributed by atoms with van der Waals surface area (Å²) >= 11 is 0. The Bertz CT molecular complexity index is 861. The van der Waals surface area contributed by atoms with Crippen LogP contribution in [0.25, 0.3) is 0 Å². The average Bonchev–Trinajstić information content (AvgIpc) is 2.61. The fraction of sp³-hybridized carbons (Fsp3) is 0.368. The molecule has 0 saturated carbocycles. The number of hydrogen-bond acceptors (Lipinski definition) is 4. The highest BCUT2D eigenvalue weighted by Gasteiger charge is 2.17. The molecule has 0 spiro atoms. The minimum atomic E-state index is -3.68. The molecule has 140 valence electrons. The van der Waals surface area contributed by atoms with Gasteiger partial charge in [0, 0.05) is 38.4 Å². The number of sulfonamides is 1. The zero-order valence-electron chi connectivity index (χ0n) is 15.1. The van der Waals surface area contributed by atoms with Crippen molar-refractivity contribution in [3.8, 4) is 0 Å². The molecule has 1 aliphatic rings. The van der Waals surface area contributed by atoms with E-state index >= 15 is 0 Å². The maximum absolute atomic E-state index is 13.2. The van der Waals surface area contributed by atoms with Crippen LogP contribution in [0.15, 0.2) is 47.4 Å². The summed E-state index contributed by atoms with van der Waals surface area (Å²) in [5, 5.41) is 0. The van der Waals surface area contributed by atoms with E-state index in [0.717, 1.165) is 43.5 Å². The third-order valence-corrected chi connectivity index (χ3v) is 6.26. The second-order valence-electron chi connectivity index (χ2n) is 6.69. The quantitative estimate of drug-likeness (QED) is 0.869. The van der Waals surface area contributed by atoms with E-state index in [1.807, 2.05) is 24.3 Å². The van der Waals surface area contributed by atoms with Crippen molar-refractivity contribution in [1.29, 1.82) is 0 Å². The zero-order chi connectivity index (χ0) is 18.7. The minimum absolute atomic E-state index is 0.105. The van der Waals surface area contributed by atoms with E-state index in [2.05, 4.69) is 21.6 Å². The third kappa shape index (κ3) is 4.41. The fourth-order valence-corrected chi connectivity index (χ4v) is 4.30. The topological polar surface area (TPSA) is 52.7 Å². The summed E-state index contributed by atoms with van der Waals surface area (Å²) in [7, 11) is -1.55. The molecule has 0 amide bonds. The van der Waals surface area contributed by atoms with Crippen LogP contribution in [-0.2, 0) is 16.6 Å². The molecule has 1 N–H and O–H groups in total. The SMILES string of the molecule is Cc1cc(F)ccc1S(=O)(=O)NCc1ccc(N2CCN(C)CC2)cc1. The van der Waals surface area contributed by atoms with Gasteiger partial charge < -0.3 is 9.80 Å². The van der Waals surface area contributed by atoms with Crippen LogP contribution in [-0.4, -0.2) is 46.5 Å². The van der Waals surface area contributed by atoms with Crippen molar-refractivity contribution < 1.29 is 12.8 Å². The number of hydrogen-bond donors (Lipinski definition) is 1. The van der Waals surface area contributed by atoms with E-state index in [1.165, 1.54) is 12.1 Å². The molecule has 0 bridgehead atoms. The standard InChI is InChI=1S/C19H24FN3O2S/c1-15-13-17(20)5-8-19(15)26(24,25)21-14-16-3-6-18(7-4-16)23-11-9-22(2)10-12-23/h3-8,13,21H,9-12,14H2,1-2H3. The van der Waals surface area contributed by atoms with Crippen molar-refractivity contribution in [1.82, 2.24) is 9.62 Å². The lowest BCUT2D eigenvalue weighted by molar-refractivity contribution is 0.313. The van der Waals surface area contributed by atoms with Crippen molar-refractivity contribution in [2.75, 3.05) is 38.1 Å². The van der Waals surface area contributed by atoms with Crippen LogP contribution in [0.3, 0.4) is 0 Å². The zero-order valence-corrected chi connectivity index (χ0v) is 15.9. The minimum Gasteiger partial charge on any atom is -0.369 e. The second kappa shape index (κ2) is 7.73. The van der Waals surface area contributed by atoms with Crippen molar-refractivity contribution in [3.63, 3.8) is 0 Å². The number of aryl methyl sites for hydroxylation is 1. The van der Waals surface area contributed by atoms with Gasteiger partial charge in [-0.25, -0.2) is 17.5 Å². The van der Waals surface area contributed by atoms with E-state index in [1.54, 1.807) is 6.92 Å². The molecule has 0 aliphatic carbocycles. The highest BCUT2D eigenvalue weighted by molar-refractivity contribution is 7.89. The monoisotopic (exact) mass is 377 g/mol. The fourth-order valence-electron chi connectivity index (χ4n) is 3.06. The smallest absolute Gasteiger partial charge is 0.241 e. The van der Waals surface area contributed by atoms with E-state index in [0.29, 0.717) is 5.56 Å². The van der Waals surface area contributed by atoms with Crippen molar-refractivity contribution in [2.24, 2.45) is 0 Å². The van der Waals surface area contributed by atoms with Crippen LogP contribution in [0.1, 0.15) is 11.1 Å². The lowest BCUT2D eigenvalue weighted by Gasteiger charge is -2.34. The van der Waals surface area contributed by atoms with Gasteiger partial charge in [-0.1, -0.05) is 12.1 Å². The molecule has 2 aromatic rings. The van der Waals surface area contributed by atoms with Crippen molar-refractivity contribution in [3.05, 3.63) is 59.4 Å². The highest BCUT2D eigenvalue weighted by atomic mass is 32.2. The molecular formula is C19H24FN3O2S. The number of anilines is 1. The van der Waals surface area contributed by atoms with Gasteiger partial charge in [-0.2, -0.15) is 0 Å². The highest BCUT2D eigenvalue weighted by Crippen LogP contribution is 2.19. The van der Waals surface area contributed by atoms with Crippen molar-refractivity contribution in [2.45, 2.75) is 18.4 Å². The molecule has 5 nitrogen and oxygen atoms in total. The summed E-state index contributed by atoms with van der Waals surface area (Å²) in [6.45, 7) is 5.85. The van der Waals surface area contributed by atoms with Gasteiger partial charge in [-0.05, 0) is 55.4 Å². The number of nitrogens with zero attached hydrogens (tertiary/aromatic N) is 2. The van der Waals surface area contributed by atoms with Gasteiger partial charge in [0.1, 0.15) is 5.82 Å². The number of benzene rings is 2. The van der Waals surface area contributed by atoms with E-state index in [4.69, 9.17) is 0 Å². The molecule has 2 aromatic carbocycles. The first-order valence-electron chi connectivity index (χ1n) is 8.63. The molecule has 7 heteroatoms. The Hall–Kier alpha value is -1.96. The van der Waals surface area contributed by atoms with Gasteiger partial charge in [-0.3, -0.25) is 0 Å². The number of rotatable bonds is 5. The van der Waals surface area contributed by atoms with Crippen LogP contribution < -0.4 is 9.62 Å². The van der Waals surface area contributed by atoms with Gasteiger partial charge in [0.2, 0.25) is 10.0 Å². The molecule has 1 saturated heterocycles. The second-order valence-corrected chi connectivity index (χ2v) is 8.43. The lowest BCUT2D eigenvalue weighted by atomic mass is 10.2. The van der Waals surface area contributed by atoms with E-state index in [-0.39, 0.29) is 11.4 Å². The summed E-state index contributed by atoms with van der Waals surface area (Å²) in [5.74, 6) is -0.444. The van der Waals surface area contributed by atoms with Gasteiger partial charge in [0.15, 0.2) is 0 Å². The number of piperazine rings is 1. The predicted octanol–water partition coefficient (Wildman–Crippen LogP) is 2.36. The number of likely N-dealkylation sites (N-methyl/N-ethyl adjacent to an activating group) is 1. The first-order valence-corrected chi connectivity index (χ1v) is 10.1. The maximum Gasteiger partial charge on any atom is 0.241 e. The first-order chi connectivity index (χ1) is 12.3. The summed E-state index contributed by atoms with van der Waals surface area (Å²) in [5.41, 5.74) is 2.42. The predicted molar refractivity (Wildman–Crippen MR) is 101 cm³/mol. The van der Waals surface area contributed by atoms with Crippen LogP contribution in [0.5, 0.6) is 0 Å². The molecule has 0 radical (unpaired) electrons. The van der Waals surface area contributed by atoms with Gasteiger partial charge in [-0.15, -0.1) is 0 Å². The van der Waals surface area contributed by atoms with Gasteiger partial charge >= 0.3 is 0 Å². The Morgan fingerprint density at radius 1 is 1.04 bits per heavy atom. The largest absolute Gasteiger partial charge is 0.369 e. The Labute approximate surface area is 154 Å². The summed E-state index contributed by atoms with van der Waals surface area (Å²) in [6, 6.07) is 11.6. The van der Waals surface area contributed by atoms with Gasteiger partial charge in [0.05, 0.1) is 4.90 Å². The first kappa shape index (κ1) is 18.8. The van der Waals surface area contributed by atoms with Crippen LogP contribution in [0.2, 0.25) is 0 Å². The molecule has 1 fully saturated rings. The number of halogens is 1.